The minimum atomic E-state index is -0.176. The second-order valence-corrected chi connectivity index (χ2v) is 5.13. The number of aromatic nitrogens is 2. The van der Waals surface area contributed by atoms with E-state index < -0.39 is 0 Å². The highest BCUT2D eigenvalue weighted by Gasteiger charge is 2.16. The second kappa shape index (κ2) is 6.44. The molecule has 2 rings (SSSR count). The van der Waals surface area contributed by atoms with Gasteiger partial charge in [0.25, 0.3) is 5.91 Å². The van der Waals surface area contributed by atoms with E-state index in [4.69, 9.17) is 10.8 Å². The van der Waals surface area contributed by atoms with Gasteiger partial charge in [0.1, 0.15) is 9.71 Å². The molecule has 0 radical (unpaired) electrons. The number of thiophene rings is 1. The number of nitrogens with zero attached hydrogens (tertiary/aromatic N) is 2. The van der Waals surface area contributed by atoms with Crippen LogP contribution in [0.1, 0.15) is 28.9 Å². The Labute approximate surface area is 114 Å². The number of carbonyl (C=O) groups is 1. The summed E-state index contributed by atoms with van der Waals surface area (Å²) in [6, 6.07) is 1.76. The van der Waals surface area contributed by atoms with Gasteiger partial charge in [-0.25, -0.2) is 0 Å². The van der Waals surface area contributed by atoms with Crippen LogP contribution in [0.4, 0.5) is 5.69 Å². The number of aliphatic hydroxyl groups excluding tert-OH is 1. The van der Waals surface area contributed by atoms with E-state index in [1.165, 1.54) is 11.3 Å². The Hall–Kier alpha value is -1.73. The largest absolute Gasteiger partial charge is 0.397 e. The molecule has 2 heterocycles. The van der Waals surface area contributed by atoms with Crippen LogP contribution in [0.2, 0.25) is 0 Å². The van der Waals surface area contributed by atoms with Crippen molar-refractivity contribution in [3.63, 3.8) is 0 Å². The normalized spacial score (nSPS) is 10.8. The lowest BCUT2D eigenvalue weighted by molar-refractivity contribution is 0.0958. The van der Waals surface area contributed by atoms with Crippen LogP contribution in [-0.4, -0.2) is 34.4 Å². The number of aliphatic hydroxyl groups is 1. The monoisotopic (exact) mass is 280 g/mol. The quantitative estimate of drug-likeness (QED) is 0.689. The summed E-state index contributed by atoms with van der Waals surface area (Å²) in [7, 11) is 0. The number of amides is 1. The van der Waals surface area contributed by atoms with Crippen molar-refractivity contribution in [3.05, 3.63) is 17.1 Å². The molecule has 1 amide bonds. The number of fused-ring (bicyclic) bond motifs is 1. The zero-order valence-electron chi connectivity index (χ0n) is 10.4. The molecule has 0 atom stereocenters. The fourth-order valence-corrected chi connectivity index (χ4v) is 2.69. The summed E-state index contributed by atoms with van der Waals surface area (Å²) in [6.07, 6.45) is 4.06. The number of hydrogen-bond acceptors (Lipinski definition) is 6. The Balaban J connectivity index is 1.99. The molecular formula is C12H16N4O2S. The molecule has 0 fully saturated rings. The number of nitrogen functional groups attached to an aromatic ring is 1. The number of rotatable bonds is 6. The summed E-state index contributed by atoms with van der Waals surface area (Å²) < 4.78 is 0. The predicted octanol–water partition coefficient (Wildman–Crippen LogP) is 1.17. The molecule has 4 N–H and O–H groups in total. The van der Waals surface area contributed by atoms with Gasteiger partial charge in [0, 0.05) is 18.5 Å². The Morgan fingerprint density at radius 1 is 1.42 bits per heavy atom. The summed E-state index contributed by atoms with van der Waals surface area (Å²) in [6.45, 7) is 0.772. The highest BCUT2D eigenvalue weighted by molar-refractivity contribution is 7.21. The first-order valence-electron chi connectivity index (χ1n) is 6.12. The van der Waals surface area contributed by atoms with E-state index in [-0.39, 0.29) is 12.5 Å². The van der Waals surface area contributed by atoms with Crippen LogP contribution in [0, 0.1) is 0 Å². The van der Waals surface area contributed by atoms with Gasteiger partial charge in [-0.3, -0.25) is 4.79 Å². The van der Waals surface area contributed by atoms with E-state index in [9.17, 15) is 4.79 Å². The van der Waals surface area contributed by atoms with Crippen molar-refractivity contribution in [2.24, 2.45) is 0 Å². The van der Waals surface area contributed by atoms with E-state index >= 15 is 0 Å². The van der Waals surface area contributed by atoms with Gasteiger partial charge in [-0.2, -0.15) is 5.10 Å². The molecule has 0 aliphatic carbocycles. The smallest absolute Gasteiger partial charge is 0.263 e. The van der Waals surface area contributed by atoms with Crippen LogP contribution >= 0.6 is 11.3 Å². The average Bonchev–Trinajstić information content (AvgIpc) is 2.76. The highest BCUT2D eigenvalue weighted by atomic mass is 32.1. The lowest BCUT2D eigenvalue weighted by Gasteiger charge is -2.03. The fraction of sp³-hybridized carbons (Fsp3) is 0.417. The van der Waals surface area contributed by atoms with Crippen molar-refractivity contribution in [1.82, 2.24) is 15.5 Å². The number of anilines is 1. The molecule has 0 unspecified atom stereocenters. The van der Waals surface area contributed by atoms with E-state index in [1.807, 2.05) is 0 Å². The zero-order valence-corrected chi connectivity index (χ0v) is 11.2. The topological polar surface area (TPSA) is 101 Å². The van der Waals surface area contributed by atoms with Gasteiger partial charge >= 0.3 is 0 Å². The molecule has 0 bridgehead atoms. The van der Waals surface area contributed by atoms with Gasteiger partial charge in [0.15, 0.2) is 0 Å². The third-order valence-electron chi connectivity index (χ3n) is 2.75. The van der Waals surface area contributed by atoms with E-state index in [0.29, 0.717) is 21.9 Å². The molecule has 19 heavy (non-hydrogen) atoms. The van der Waals surface area contributed by atoms with Gasteiger partial charge in [-0.1, -0.05) is 0 Å². The molecule has 7 heteroatoms. The lowest BCUT2D eigenvalue weighted by atomic mass is 10.2. The van der Waals surface area contributed by atoms with E-state index in [0.717, 1.165) is 24.6 Å². The maximum Gasteiger partial charge on any atom is 0.263 e. The van der Waals surface area contributed by atoms with Crippen LogP contribution in [-0.2, 0) is 0 Å². The van der Waals surface area contributed by atoms with Crippen LogP contribution in [0.25, 0.3) is 10.2 Å². The van der Waals surface area contributed by atoms with Crippen molar-refractivity contribution in [2.75, 3.05) is 18.9 Å². The Kier molecular flexibility index (Phi) is 4.64. The van der Waals surface area contributed by atoms with Gasteiger partial charge in [-0.15, -0.1) is 16.4 Å². The molecule has 2 aromatic heterocycles. The number of nitrogens with one attached hydrogen (secondary N) is 1. The molecule has 0 saturated heterocycles. The molecule has 6 nitrogen and oxygen atoms in total. The summed E-state index contributed by atoms with van der Waals surface area (Å²) in [5.41, 5.74) is 6.40. The first-order chi connectivity index (χ1) is 9.24. The first kappa shape index (κ1) is 13.7. The SMILES string of the molecule is Nc1c(C(=O)NCCCCCO)sc2nnccc12. The molecule has 0 aliphatic rings. The molecule has 2 aromatic rings. The van der Waals surface area contributed by atoms with Gasteiger partial charge < -0.3 is 16.2 Å². The molecule has 0 spiro atoms. The second-order valence-electron chi connectivity index (χ2n) is 4.14. The highest BCUT2D eigenvalue weighted by Crippen LogP contribution is 2.31. The Morgan fingerprint density at radius 3 is 3.00 bits per heavy atom. The maximum atomic E-state index is 12.0. The van der Waals surface area contributed by atoms with Crippen molar-refractivity contribution in [2.45, 2.75) is 19.3 Å². The molecule has 0 aliphatic heterocycles. The third-order valence-corrected chi connectivity index (χ3v) is 3.85. The van der Waals surface area contributed by atoms with Crippen molar-refractivity contribution < 1.29 is 9.90 Å². The molecule has 0 saturated carbocycles. The number of unbranched alkanes of at least 4 members (excludes halogenated alkanes) is 2. The van der Waals surface area contributed by atoms with Crippen LogP contribution in [0.3, 0.4) is 0 Å². The Morgan fingerprint density at radius 2 is 2.26 bits per heavy atom. The maximum absolute atomic E-state index is 12.0. The van der Waals surface area contributed by atoms with Crippen LogP contribution in [0.5, 0.6) is 0 Å². The average molecular weight is 280 g/mol. The van der Waals surface area contributed by atoms with Gasteiger partial charge in [0.2, 0.25) is 0 Å². The zero-order chi connectivity index (χ0) is 13.7. The van der Waals surface area contributed by atoms with E-state index in [2.05, 4.69) is 15.5 Å². The van der Waals surface area contributed by atoms with Crippen molar-refractivity contribution in [1.29, 1.82) is 0 Å². The molecule has 102 valence electrons. The van der Waals surface area contributed by atoms with Crippen molar-refractivity contribution >= 4 is 33.1 Å². The summed E-state index contributed by atoms with van der Waals surface area (Å²) in [4.78, 5) is 13.1. The van der Waals surface area contributed by atoms with Gasteiger partial charge in [-0.05, 0) is 25.3 Å². The summed E-state index contributed by atoms with van der Waals surface area (Å²) in [5.74, 6) is -0.176. The summed E-state index contributed by atoms with van der Waals surface area (Å²) >= 11 is 1.25. The fourth-order valence-electron chi connectivity index (χ4n) is 1.74. The van der Waals surface area contributed by atoms with Gasteiger partial charge in [0.05, 0.1) is 11.9 Å². The third kappa shape index (κ3) is 3.18. The molecule has 0 aromatic carbocycles. The summed E-state index contributed by atoms with van der Waals surface area (Å²) in [5, 5.41) is 20.0. The number of carbonyl (C=O) groups excluding carboxylic acids is 1. The van der Waals surface area contributed by atoms with Crippen LogP contribution in [0.15, 0.2) is 12.3 Å². The van der Waals surface area contributed by atoms with Crippen molar-refractivity contribution in [3.8, 4) is 0 Å². The van der Waals surface area contributed by atoms with E-state index in [1.54, 1.807) is 12.3 Å². The van der Waals surface area contributed by atoms with Crippen LogP contribution < -0.4 is 11.1 Å². The molecular weight excluding hydrogens is 264 g/mol. The first-order valence-corrected chi connectivity index (χ1v) is 6.94. The minimum Gasteiger partial charge on any atom is -0.397 e. The lowest BCUT2D eigenvalue weighted by Crippen LogP contribution is -2.24. The minimum absolute atomic E-state index is 0.176. The Bertz CT molecular complexity index is 570. The number of hydrogen-bond donors (Lipinski definition) is 3. The standard InChI is InChI=1S/C12H16N4O2S/c13-9-8-4-6-15-16-12(8)19-10(9)11(18)14-5-2-1-3-7-17/h4,6,17H,1-3,5,7,13H2,(H,14,18). The number of nitrogens with two attached hydrogens (primary N) is 1. The predicted molar refractivity (Wildman–Crippen MR) is 75.1 cm³/mol.